The van der Waals surface area contributed by atoms with Crippen molar-refractivity contribution in [3.05, 3.63) is 35.4 Å². The monoisotopic (exact) mass is 383 g/mol. The van der Waals surface area contributed by atoms with E-state index in [4.69, 9.17) is 4.74 Å². The van der Waals surface area contributed by atoms with Crippen LogP contribution in [0.5, 0.6) is 0 Å². The number of piperidine rings is 1. The quantitative estimate of drug-likeness (QED) is 0.578. The van der Waals surface area contributed by atoms with Crippen molar-refractivity contribution in [2.45, 2.75) is 103 Å². The van der Waals surface area contributed by atoms with Gasteiger partial charge < -0.3 is 9.64 Å². The fourth-order valence-corrected chi connectivity index (χ4v) is 5.75. The predicted molar refractivity (Wildman–Crippen MR) is 118 cm³/mol. The van der Waals surface area contributed by atoms with Crippen molar-refractivity contribution in [1.29, 1.82) is 0 Å². The Balaban J connectivity index is 1.43. The highest BCUT2D eigenvalue weighted by molar-refractivity contribution is 5.39. The van der Waals surface area contributed by atoms with E-state index >= 15 is 0 Å². The van der Waals surface area contributed by atoms with E-state index in [9.17, 15) is 0 Å². The molecule has 0 radical (unpaired) electrons. The fraction of sp³-hybridized carbons (Fsp3) is 0.769. The summed E-state index contributed by atoms with van der Waals surface area (Å²) in [5.41, 5.74) is 3.98. The van der Waals surface area contributed by atoms with Gasteiger partial charge in [-0.15, -0.1) is 0 Å². The predicted octanol–water partition coefficient (Wildman–Crippen LogP) is 6.64. The Morgan fingerprint density at radius 3 is 2.39 bits per heavy atom. The molecule has 0 aromatic heterocycles. The molecule has 2 fully saturated rings. The summed E-state index contributed by atoms with van der Waals surface area (Å²) < 4.78 is 6.68. The topological polar surface area (TPSA) is 12.5 Å². The fourth-order valence-electron chi connectivity index (χ4n) is 5.75. The van der Waals surface area contributed by atoms with Gasteiger partial charge in [0.25, 0.3) is 0 Å². The van der Waals surface area contributed by atoms with Gasteiger partial charge in [-0.25, -0.2) is 0 Å². The van der Waals surface area contributed by atoms with E-state index in [1.165, 1.54) is 89.4 Å². The van der Waals surface area contributed by atoms with Crippen molar-refractivity contribution < 1.29 is 4.74 Å². The zero-order chi connectivity index (χ0) is 19.6. The maximum atomic E-state index is 6.68. The summed E-state index contributed by atoms with van der Waals surface area (Å²) >= 11 is 0. The zero-order valence-corrected chi connectivity index (χ0v) is 18.5. The van der Waals surface area contributed by atoms with E-state index in [2.05, 4.69) is 49.9 Å². The third-order valence-electron chi connectivity index (χ3n) is 7.66. The smallest absolute Gasteiger partial charge is 0.0831 e. The second-order valence-electron chi connectivity index (χ2n) is 10.9. The lowest BCUT2D eigenvalue weighted by Crippen LogP contribution is -2.45. The minimum Gasteiger partial charge on any atom is -0.370 e. The van der Waals surface area contributed by atoms with E-state index in [1.807, 2.05) is 0 Å². The number of fused-ring (bicyclic) bond motifs is 2. The number of hydrogen-bond donors (Lipinski definition) is 0. The molecule has 1 aliphatic heterocycles. The summed E-state index contributed by atoms with van der Waals surface area (Å²) in [5, 5.41) is 0. The summed E-state index contributed by atoms with van der Waals surface area (Å²) in [6.07, 6.45) is 14.0. The van der Waals surface area contributed by atoms with E-state index in [-0.39, 0.29) is 0 Å². The van der Waals surface area contributed by atoms with Crippen LogP contribution in [0.2, 0.25) is 0 Å². The molecule has 1 aromatic rings. The van der Waals surface area contributed by atoms with Gasteiger partial charge in [-0.3, -0.25) is 0 Å². The van der Waals surface area contributed by atoms with Crippen LogP contribution in [0.25, 0.3) is 0 Å². The summed E-state index contributed by atoms with van der Waals surface area (Å²) in [4.78, 5) is 2.71. The molecule has 2 heteroatoms. The highest BCUT2D eigenvalue weighted by Crippen LogP contribution is 2.49. The molecule has 0 N–H and O–H groups in total. The van der Waals surface area contributed by atoms with Gasteiger partial charge in [-0.05, 0) is 86.5 Å². The molecule has 1 aromatic carbocycles. The van der Waals surface area contributed by atoms with Crippen molar-refractivity contribution in [3.8, 4) is 0 Å². The number of rotatable bonds is 4. The Labute approximate surface area is 173 Å². The van der Waals surface area contributed by atoms with Crippen LogP contribution in [-0.4, -0.2) is 30.6 Å². The SMILES string of the molecule is CC(C)(C)CCN1CCC2(CC[C@H](OC3CCCCC3)c3ccccc32)CC1. The van der Waals surface area contributed by atoms with Crippen LogP contribution >= 0.6 is 0 Å². The minimum atomic E-state index is 0.337. The molecule has 4 rings (SSSR count). The number of nitrogens with zero attached hydrogens (tertiary/aromatic N) is 1. The van der Waals surface area contributed by atoms with Crippen LogP contribution in [0.3, 0.4) is 0 Å². The van der Waals surface area contributed by atoms with Crippen LogP contribution < -0.4 is 0 Å². The van der Waals surface area contributed by atoms with E-state index < -0.39 is 0 Å². The summed E-state index contributed by atoms with van der Waals surface area (Å²) in [5.74, 6) is 0. The van der Waals surface area contributed by atoms with Gasteiger partial charge in [-0.1, -0.05) is 64.3 Å². The minimum absolute atomic E-state index is 0.337. The summed E-state index contributed by atoms with van der Waals surface area (Å²) in [7, 11) is 0. The Bertz CT molecular complexity index is 632. The standard InChI is InChI=1S/C26H41NO/c1-25(2,3)15-18-27-19-16-26(17-20-27)14-13-24(22-11-7-8-12-23(22)26)28-21-9-5-4-6-10-21/h7-8,11-12,21,24H,4-6,9-10,13-20H2,1-3H3/t24-/m0/s1. The first-order chi connectivity index (χ1) is 13.5. The van der Waals surface area contributed by atoms with Gasteiger partial charge in [0.15, 0.2) is 0 Å². The first-order valence-corrected chi connectivity index (χ1v) is 11.9. The van der Waals surface area contributed by atoms with Gasteiger partial charge >= 0.3 is 0 Å². The molecule has 2 aliphatic carbocycles. The molecule has 1 saturated heterocycles. The molecular formula is C26H41NO. The molecule has 1 heterocycles. The average Bonchev–Trinajstić information content (AvgIpc) is 2.70. The van der Waals surface area contributed by atoms with Gasteiger partial charge in [0.2, 0.25) is 0 Å². The molecule has 0 bridgehead atoms. The Hall–Kier alpha value is -0.860. The molecule has 1 spiro atoms. The maximum Gasteiger partial charge on any atom is 0.0831 e. The van der Waals surface area contributed by atoms with Crippen LogP contribution in [0.1, 0.15) is 102 Å². The van der Waals surface area contributed by atoms with E-state index in [0.717, 1.165) is 0 Å². The van der Waals surface area contributed by atoms with Crippen LogP contribution in [0, 0.1) is 5.41 Å². The lowest BCUT2D eigenvalue weighted by molar-refractivity contribution is -0.0467. The van der Waals surface area contributed by atoms with Crippen molar-refractivity contribution in [1.82, 2.24) is 4.90 Å². The normalized spacial score (nSPS) is 26.3. The third-order valence-corrected chi connectivity index (χ3v) is 7.66. The second-order valence-corrected chi connectivity index (χ2v) is 10.9. The van der Waals surface area contributed by atoms with Gasteiger partial charge in [0.05, 0.1) is 12.2 Å². The average molecular weight is 384 g/mol. The van der Waals surface area contributed by atoms with Crippen molar-refractivity contribution in [2.75, 3.05) is 19.6 Å². The van der Waals surface area contributed by atoms with Gasteiger partial charge in [0, 0.05) is 0 Å². The molecule has 0 unspecified atom stereocenters. The van der Waals surface area contributed by atoms with E-state index in [0.29, 0.717) is 23.0 Å². The van der Waals surface area contributed by atoms with Crippen LogP contribution in [0.15, 0.2) is 24.3 Å². The van der Waals surface area contributed by atoms with Gasteiger partial charge in [0.1, 0.15) is 0 Å². The number of ether oxygens (including phenoxy) is 1. The lowest BCUT2D eigenvalue weighted by Gasteiger charge is -2.48. The highest BCUT2D eigenvalue weighted by atomic mass is 16.5. The Morgan fingerprint density at radius 1 is 0.964 bits per heavy atom. The Kier molecular flexibility index (Phi) is 6.18. The van der Waals surface area contributed by atoms with Crippen molar-refractivity contribution >= 4 is 0 Å². The lowest BCUT2D eigenvalue weighted by atomic mass is 9.64. The molecule has 156 valence electrons. The summed E-state index contributed by atoms with van der Waals surface area (Å²) in [6.45, 7) is 10.9. The number of benzene rings is 1. The van der Waals surface area contributed by atoms with Gasteiger partial charge in [-0.2, -0.15) is 0 Å². The molecule has 3 aliphatic rings. The maximum absolute atomic E-state index is 6.68. The number of likely N-dealkylation sites (tertiary alicyclic amines) is 1. The van der Waals surface area contributed by atoms with Crippen molar-refractivity contribution in [2.24, 2.45) is 5.41 Å². The summed E-state index contributed by atoms with van der Waals surface area (Å²) in [6, 6.07) is 9.29. The zero-order valence-electron chi connectivity index (χ0n) is 18.5. The largest absolute Gasteiger partial charge is 0.370 e. The molecule has 2 nitrogen and oxygen atoms in total. The molecular weight excluding hydrogens is 342 g/mol. The van der Waals surface area contributed by atoms with Crippen LogP contribution in [0.4, 0.5) is 0 Å². The molecule has 1 atom stereocenters. The molecule has 1 saturated carbocycles. The second kappa shape index (κ2) is 8.48. The highest BCUT2D eigenvalue weighted by Gasteiger charge is 2.42. The number of hydrogen-bond acceptors (Lipinski definition) is 2. The van der Waals surface area contributed by atoms with Crippen LogP contribution in [-0.2, 0) is 10.2 Å². The van der Waals surface area contributed by atoms with Crippen molar-refractivity contribution in [3.63, 3.8) is 0 Å². The third kappa shape index (κ3) is 4.65. The molecule has 0 amide bonds. The van der Waals surface area contributed by atoms with E-state index in [1.54, 1.807) is 5.56 Å². The molecule has 28 heavy (non-hydrogen) atoms. The first-order valence-electron chi connectivity index (χ1n) is 11.9. The first kappa shape index (κ1) is 20.4. The Morgan fingerprint density at radius 2 is 1.68 bits per heavy atom.